The van der Waals surface area contributed by atoms with Gasteiger partial charge >= 0.3 is 0 Å². The highest BCUT2D eigenvalue weighted by atomic mass is 19.1. The summed E-state index contributed by atoms with van der Waals surface area (Å²) in [5.74, 6) is 0. The van der Waals surface area contributed by atoms with Crippen LogP contribution in [0.3, 0.4) is 0 Å². The van der Waals surface area contributed by atoms with E-state index >= 15 is 0 Å². The molecule has 0 aliphatic heterocycles. The topological polar surface area (TPSA) is 12.0 Å². The Balaban J connectivity index is 1.95. The molecule has 0 saturated carbocycles. The smallest absolute Gasteiger partial charge is 0.0906 e. The van der Waals surface area contributed by atoms with Crippen molar-refractivity contribution in [1.82, 2.24) is 5.32 Å². The first-order chi connectivity index (χ1) is 6.43. The number of alkyl halides is 1. The predicted octanol–water partition coefficient (Wildman–Crippen LogP) is 2.83. The summed E-state index contributed by atoms with van der Waals surface area (Å²) in [6.45, 7) is 1.64. The van der Waals surface area contributed by atoms with Crippen LogP contribution in [-0.4, -0.2) is 19.8 Å². The van der Waals surface area contributed by atoms with Gasteiger partial charge in [0.2, 0.25) is 0 Å². The zero-order valence-electron chi connectivity index (χ0n) is 8.32. The van der Waals surface area contributed by atoms with Crippen molar-refractivity contribution < 1.29 is 4.39 Å². The zero-order valence-corrected chi connectivity index (χ0v) is 8.32. The fourth-order valence-corrected chi connectivity index (χ4v) is 1.70. The van der Waals surface area contributed by atoms with E-state index in [1.54, 1.807) is 5.57 Å². The van der Waals surface area contributed by atoms with Crippen molar-refractivity contribution in [2.75, 3.05) is 19.8 Å². The molecule has 0 amide bonds. The van der Waals surface area contributed by atoms with Crippen molar-refractivity contribution in [1.29, 1.82) is 0 Å². The molecule has 1 aliphatic rings. The lowest BCUT2D eigenvalue weighted by molar-refractivity contribution is 0.459. The highest BCUT2D eigenvalue weighted by molar-refractivity contribution is 5.04. The molecule has 2 heteroatoms. The molecule has 1 nitrogen and oxygen atoms in total. The van der Waals surface area contributed by atoms with Gasteiger partial charge in [-0.3, -0.25) is 4.39 Å². The lowest BCUT2D eigenvalue weighted by Crippen LogP contribution is -2.17. The minimum Gasteiger partial charge on any atom is -0.316 e. The molecule has 0 fully saturated rings. The van der Waals surface area contributed by atoms with Gasteiger partial charge in [0.05, 0.1) is 6.67 Å². The van der Waals surface area contributed by atoms with Gasteiger partial charge in [-0.25, -0.2) is 0 Å². The number of hydrogen-bond acceptors (Lipinski definition) is 1. The van der Waals surface area contributed by atoms with Crippen LogP contribution in [-0.2, 0) is 0 Å². The minimum absolute atomic E-state index is 0.199. The van der Waals surface area contributed by atoms with Crippen LogP contribution in [0.2, 0.25) is 0 Å². The van der Waals surface area contributed by atoms with Gasteiger partial charge in [-0.2, -0.15) is 0 Å². The van der Waals surface area contributed by atoms with Crippen LogP contribution < -0.4 is 5.32 Å². The summed E-state index contributed by atoms with van der Waals surface area (Å²) in [5, 5.41) is 3.25. The molecular formula is C11H20FN. The largest absolute Gasteiger partial charge is 0.316 e. The van der Waals surface area contributed by atoms with E-state index in [0.717, 1.165) is 19.5 Å². The average Bonchev–Trinajstić information content (AvgIpc) is 2.19. The first kappa shape index (κ1) is 10.7. The molecule has 0 unspecified atom stereocenters. The van der Waals surface area contributed by atoms with E-state index in [2.05, 4.69) is 11.4 Å². The van der Waals surface area contributed by atoms with Gasteiger partial charge in [-0.15, -0.1) is 0 Å². The van der Waals surface area contributed by atoms with Crippen LogP contribution in [0.15, 0.2) is 11.6 Å². The third kappa shape index (κ3) is 5.04. The Morgan fingerprint density at radius 2 is 2.23 bits per heavy atom. The molecule has 0 bridgehead atoms. The van der Waals surface area contributed by atoms with Crippen molar-refractivity contribution in [3.8, 4) is 0 Å². The maximum Gasteiger partial charge on any atom is 0.0906 e. The molecule has 1 N–H and O–H groups in total. The first-order valence-electron chi connectivity index (χ1n) is 5.38. The van der Waals surface area contributed by atoms with E-state index in [4.69, 9.17) is 0 Å². The first-order valence-corrected chi connectivity index (χ1v) is 5.38. The summed E-state index contributed by atoms with van der Waals surface area (Å²) in [4.78, 5) is 0. The predicted molar refractivity (Wildman–Crippen MR) is 54.6 cm³/mol. The highest BCUT2D eigenvalue weighted by Crippen LogP contribution is 2.19. The van der Waals surface area contributed by atoms with Gasteiger partial charge in [-0.1, -0.05) is 11.6 Å². The standard InChI is InChI=1S/C11H20FN/c12-8-4-9-13-10-7-11-5-2-1-3-6-11/h5,13H,1-4,6-10H2. The number of allylic oxidation sites excluding steroid dienone is 1. The fourth-order valence-electron chi connectivity index (χ4n) is 1.70. The van der Waals surface area contributed by atoms with Gasteiger partial charge in [0.15, 0.2) is 0 Å². The van der Waals surface area contributed by atoms with E-state index < -0.39 is 0 Å². The SMILES string of the molecule is FCCCNCCC1=CCCCC1. The molecular weight excluding hydrogens is 165 g/mol. The van der Waals surface area contributed by atoms with Gasteiger partial charge in [0.1, 0.15) is 0 Å². The van der Waals surface area contributed by atoms with Crippen molar-refractivity contribution in [2.45, 2.75) is 38.5 Å². The quantitative estimate of drug-likeness (QED) is 0.495. The van der Waals surface area contributed by atoms with Crippen molar-refractivity contribution in [3.05, 3.63) is 11.6 Å². The van der Waals surface area contributed by atoms with Crippen molar-refractivity contribution in [3.63, 3.8) is 0 Å². The Hall–Kier alpha value is -0.370. The van der Waals surface area contributed by atoms with Crippen LogP contribution in [0.25, 0.3) is 0 Å². The van der Waals surface area contributed by atoms with Crippen LogP contribution in [0, 0.1) is 0 Å². The molecule has 1 aliphatic carbocycles. The summed E-state index contributed by atoms with van der Waals surface area (Å²) in [7, 11) is 0. The third-order valence-corrected chi connectivity index (χ3v) is 2.50. The second-order valence-corrected chi connectivity index (χ2v) is 3.65. The van der Waals surface area contributed by atoms with Crippen LogP contribution >= 0.6 is 0 Å². The molecule has 0 aromatic carbocycles. The summed E-state index contributed by atoms with van der Waals surface area (Å²) in [6, 6.07) is 0. The molecule has 0 saturated heterocycles. The zero-order chi connectivity index (χ0) is 9.36. The average molecular weight is 185 g/mol. The lowest BCUT2D eigenvalue weighted by Gasteiger charge is -2.12. The minimum atomic E-state index is -0.199. The molecule has 0 spiro atoms. The molecule has 0 heterocycles. The van der Waals surface area contributed by atoms with E-state index in [-0.39, 0.29) is 6.67 Å². The Bertz CT molecular complexity index is 154. The third-order valence-electron chi connectivity index (χ3n) is 2.50. The maximum atomic E-state index is 11.7. The number of halogens is 1. The highest BCUT2D eigenvalue weighted by Gasteiger charge is 2.02. The lowest BCUT2D eigenvalue weighted by atomic mass is 9.97. The normalized spacial score (nSPS) is 17.2. The summed E-state index contributed by atoms with van der Waals surface area (Å²) < 4.78 is 11.7. The second kappa shape index (κ2) is 7.07. The Morgan fingerprint density at radius 1 is 1.31 bits per heavy atom. The molecule has 0 aromatic rings. The van der Waals surface area contributed by atoms with Crippen LogP contribution in [0.4, 0.5) is 4.39 Å². The van der Waals surface area contributed by atoms with Crippen molar-refractivity contribution >= 4 is 0 Å². The molecule has 1 rings (SSSR count). The summed E-state index contributed by atoms with van der Waals surface area (Å²) in [5.41, 5.74) is 1.60. The summed E-state index contributed by atoms with van der Waals surface area (Å²) >= 11 is 0. The number of hydrogen-bond donors (Lipinski definition) is 1. The molecule has 13 heavy (non-hydrogen) atoms. The number of rotatable bonds is 6. The Labute approximate surface area is 80.4 Å². The van der Waals surface area contributed by atoms with E-state index in [9.17, 15) is 4.39 Å². The molecule has 76 valence electrons. The van der Waals surface area contributed by atoms with Gasteiger partial charge in [0.25, 0.3) is 0 Å². The van der Waals surface area contributed by atoms with E-state index in [1.165, 1.54) is 25.7 Å². The Morgan fingerprint density at radius 3 is 2.92 bits per heavy atom. The second-order valence-electron chi connectivity index (χ2n) is 3.65. The Kier molecular flexibility index (Phi) is 5.83. The monoisotopic (exact) mass is 185 g/mol. The summed E-state index contributed by atoms with van der Waals surface area (Å²) in [6.07, 6.45) is 9.45. The maximum absolute atomic E-state index is 11.7. The van der Waals surface area contributed by atoms with Crippen LogP contribution in [0.5, 0.6) is 0 Å². The van der Waals surface area contributed by atoms with E-state index in [1.807, 2.05) is 0 Å². The fraction of sp³-hybridized carbons (Fsp3) is 0.818. The van der Waals surface area contributed by atoms with Gasteiger partial charge in [-0.05, 0) is 51.6 Å². The van der Waals surface area contributed by atoms with E-state index in [0.29, 0.717) is 6.42 Å². The van der Waals surface area contributed by atoms with Crippen LogP contribution in [0.1, 0.15) is 38.5 Å². The van der Waals surface area contributed by atoms with Gasteiger partial charge < -0.3 is 5.32 Å². The molecule has 0 atom stereocenters. The van der Waals surface area contributed by atoms with Gasteiger partial charge in [0, 0.05) is 0 Å². The molecule has 0 aromatic heterocycles. The number of nitrogens with one attached hydrogen (secondary N) is 1. The molecule has 0 radical (unpaired) electrons. The van der Waals surface area contributed by atoms with Crippen molar-refractivity contribution in [2.24, 2.45) is 0 Å².